The van der Waals surface area contributed by atoms with Crippen molar-refractivity contribution in [1.29, 1.82) is 0 Å². The molecule has 4 heteroatoms. The van der Waals surface area contributed by atoms with Crippen molar-refractivity contribution in [3.8, 4) is 0 Å². The fourth-order valence-electron chi connectivity index (χ4n) is 1.03. The molecule has 1 heterocycles. The van der Waals surface area contributed by atoms with E-state index in [4.69, 9.17) is 5.73 Å². The predicted molar refractivity (Wildman–Crippen MR) is 60.5 cm³/mol. The third-order valence-electron chi connectivity index (χ3n) is 2.49. The summed E-state index contributed by atoms with van der Waals surface area (Å²) in [5, 5.41) is 2.73. The number of nitrogens with zero attached hydrogens (tertiary/aromatic N) is 1. The molecule has 0 saturated heterocycles. The molecule has 1 aromatic heterocycles. The van der Waals surface area contributed by atoms with Crippen LogP contribution in [0.2, 0.25) is 0 Å². The van der Waals surface area contributed by atoms with Crippen LogP contribution in [0.25, 0.3) is 0 Å². The molecule has 0 aromatic carbocycles. The van der Waals surface area contributed by atoms with Gasteiger partial charge >= 0.3 is 0 Å². The molecule has 1 amide bonds. The molecule has 4 nitrogen and oxygen atoms in total. The van der Waals surface area contributed by atoms with Crippen molar-refractivity contribution in [3.63, 3.8) is 0 Å². The number of nitrogens with two attached hydrogens (primary N) is 1. The molecule has 3 N–H and O–H groups in total. The van der Waals surface area contributed by atoms with Gasteiger partial charge in [0.15, 0.2) is 0 Å². The second-order valence-electron chi connectivity index (χ2n) is 3.89. The molecule has 0 radical (unpaired) electrons. The molecule has 0 saturated carbocycles. The molecule has 1 atom stereocenters. The number of amides is 1. The first kappa shape index (κ1) is 11.7. The predicted octanol–water partition coefficient (Wildman–Crippen LogP) is 1.46. The van der Waals surface area contributed by atoms with Crippen molar-refractivity contribution in [3.05, 3.63) is 23.9 Å². The molecular formula is C11H17N3O. The van der Waals surface area contributed by atoms with Crippen LogP contribution in [-0.2, 0) is 4.79 Å². The molecule has 1 aromatic rings. The van der Waals surface area contributed by atoms with E-state index in [-0.39, 0.29) is 5.91 Å². The number of hydrogen-bond donors (Lipinski definition) is 2. The van der Waals surface area contributed by atoms with Crippen LogP contribution in [0.15, 0.2) is 18.3 Å². The first-order chi connectivity index (χ1) is 6.97. The van der Waals surface area contributed by atoms with Gasteiger partial charge in [-0.15, -0.1) is 0 Å². The maximum Gasteiger partial charge on any atom is 0.245 e. The van der Waals surface area contributed by atoms with Gasteiger partial charge in [0.05, 0.1) is 5.54 Å². The van der Waals surface area contributed by atoms with Gasteiger partial charge in [0.25, 0.3) is 0 Å². The normalized spacial score (nSPS) is 14.4. The molecule has 0 aliphatic rings. The van der Waals surface area contributed by atoms with Crippen LogP contribution in [0.1, 0.15) is 25.8 Å². The van der Waals surface area contributed by atoms with Gasteiger partial charge in [-0.05, 0) is 31.9 Å². The Morgan fingerprint density at radius 1 is 1.67 bits per heavy atom. The highest BCUT2D eigenvalue weighted by atomic mass is 16.2. The molecular weight excluding hydrogens is 190 g/mol. The quantitative estimate of drug-likeness (QED) is 0.788. The van der Waals surface area contributed by atoms with Gasteiger partial charge in [-0.3, -0.25) is 4.79 Å². The minimum Gasteiger partial charge on any atom is -0.318 e. The average molecular weight is 207 g/mol. The summed E-state index contributed by atoms with van der Waals surface area (Å²) in [6.07, 6.45) is 2.23. The molecule has 0 fully saturated rings. The van der Waals surface area contributed by atoms with Gasteiger partial charge in [0.2, 0.25) is 5.91 Å². The zero-order valence-electron chi connectivity index (χ0n) is 9.37. The van der Waals surface area contributed by atoms with Gasteiger partial charge in [-0.2, -0.15) is 0 Å². The average Bonchev–Trinajstić information content (AvgIpc) is 2.21. The zero-order chi connectivity index (χ0) is 11.5. The Morgan fingerprint density at radius 2 is 2.33 bits per heavy atom. The van der Waals surface area contributed by atoms with E-state index in [1.807, 2.05) is 26.0 Å². The van der Waals surface area contributed by atoms with Gasteiger partial charge in [-0.25, -0.2) is 4.98 Å². The molecule has 15 heavy (non-hydrogen) atoms. The summed E-state index contributed by atoms with van der Waals surface area (Å²) in [4.78, 5) is 15.8. The second-order valence-corrected chi connectivity index (χ2v) is 3.89. The SMILES string of the molecule is CCC(C)(N)C(=O)Nc1ncccc1C. The molecule has 1 rings (SSSR count). The third-order valence-corrected chi connectivity index (χ3v) is 2.49. The fraction of sp³-hybridized carbons (Fsp3) is 0.455. The Bertz CT molecular complexity index is 361. The molecule has 0 bridgehead atoms. The number of carbonyl (C=O) groups is 1. The van der Waals surface area contributed by atoms with Gasteiger partial charge < -0.3 is 11.1 Å². The first-order valence-corrected chi connectivity index (χ1v) is 4.99. The minimum absolute atomic E-state index is 0.202. The maximum absolute atomic E-state index is 11.7. The van der Waals surface area contributed by atoms with Gasteiger partial charge in [0, 0.05) is 6.20 Å². The summed E-state index contributed by atoms with van der Waals surface area (Å²) in [5.74, 6) is 0.374. The molecule has 1 unspecified atom stereocenters. The summed E-state index contributed by atoms with van der Waals surface area (Å²) >= 11 is 0. The van der Waals surface area contributed by atoms with Crippen LogP contribution >= 0.6 is 0 Å². The van der Waals surface area contributed by atoms with Gasteiger partial charge in [-0.1, -0.05) is 13.0 Å². The Balaban J connectivity index is 2.80. The highest BCUT2D eigenvalue weighted by molar-refractivity contribution is 5.97. The van der Waals surface area contributed by atoms with Crippen LogP contribution in [0.4, 0.5) is 5.82 Å². The summed E-state index contributed by atoms with van der Waals surface area (Å²) in [7, 11) is 0. The standard InChI is InChI=1S/C11H17N3O/c1-4-11(3,12)10(15)14-9-8(2)6-5-7-13-9/h5-7H,4,12H2,1-3H3,(H,13,14,15). The Hall–Kier alpha value is -1.42. The number of rotatable bonds is 3. The number of anilines is 1. The van der Waals surface area contributed by atoms with Crippen molar-refractivity contribution in [2.24, 2.45) is 5.73 Å². The summed E-state index contributed by atoms with van der Waals surface area (Å²) in [6.45, 7) is 5.48. The lowest BCUT2D eigenvalue weighted by molar-refractivity contribution is -0.120. The van der Waals surface area contributed by atoms with E-state index in [9.17, 15) is 4.79 Å². The van der Waals surface area contributed by atoms with Crippen molar-refractivity contribution in [1.82, 2.24) is 4.98 Å². The van der Waals surface area contributed by atoms with Crippen LogP contribution in [-0.4, -0.2) is 16.4 Å². The maximum atomic E-state index is 11.7. The number of aryl methyl sites for hydroxylation is 1. The lowest BCUT2D eigenvalue weighted by Crippen LogP contribution is -2.48. The zero-order valence-corrected chi connectivity index (χ0v) is 9.37. The van der Waals surface area contributed by atoms with Crippen molar-refractivity contribution < 1.29 is 4.79 Å². The highest BCUT2D eigenvalue weighted by Crippen LogP contribution is 2.13. The first-order valence-electron chi connectivity index (χ1n) is 4.99. The Kier molecular flexibility index (Phi) is 3.42. The molecule has 82 valence electrons. The van der Waals surface area contributed by atoms with Crippen molar-refractivity contribution in [2.75, 3.05) is 5.32 Å². The fourth-order valence-corrected chi connectivity index (χ4v) is 1.03. The lowest BCUT2D eigenvalue weighted by atomic mass is 9.99. The summed E-state index contributed by atoms with van der Waals surface area (Å²) < 4.78 is 0. The van der Waals surface area contributed by atoms with E-state index in [1.165, 1.54) is 0 Å². The topological polar surface area (TPSA) is 68.0 Å². The Morgan fingerprint density at radius 3 is 2.87 bits per heavy atom. The third kappa shape index (κ3) is 2.76. The summed E-state index contributed by atoms with van der Waals surface area (Å²) in [5.41, 5.74) is 5.90. The van der Waals surface area contributed by atoms with Crippen molar-refractivity contribution in [2.45, 2.75) is 32.7 Å². The number of hydrogen-bond acceptors (Lipinski definition) is 3. The highest BCUT2D eigenvalue weighted by Gasteiger charge is 2.26. The lowest BCUT2D eigenvalue weighted by Gasteiger charge is -2.21. The number of nitrogens with one attached hydrogen (secondary N) is 1. The molecule has 0 aliphatic carbocycles. The van der Waals surface area contributed by atoms with Crippen molar-refractivity contribution >= 4 is 11.7 Å². The van der Waals surface area contributed by atoms with E-state index in [1.54, 1.807) is 13.1 Å². The van der Waals surface area contributed by atoms with Crippen LogP contribution in [0.3, 0.4) is 0 Å². The summed E-state index contributed by atoms with van der Waals surface area (Å²) in [6, 6.07) is 3.72. The molecule has 0 spiro atoms. The monoisotopic (exact) mass is 207 g/mol. The van der Waals surface area contributed by atoms with E-state index in [0.717, 1.165) is 5.56 Å². The van der Waals surface area contributed by atoms with E-state index >= 15 is 0 Å². The van der Waals surface area contributed by atoms with Crippen LogP contribution in [0.5, 0.6) is 0 Å². The number of carbonyl (C=O) groups excluding carboxylic acids is 1. The number of aromatic nitrogens is 1. The minimum atomic E-state index is -0.843. The molecule has 0 aliphatic heterocycles. The van der Waals surface area contributed by atoms with Crippen LogP contribution < -0.4 is 11.1 Å². The van der Waals surface area contributed by atoms with E-state index in [2.05, 4.69) is 10.3 Å². The smallest absolute Gasteiger partial charge is 0.245 e. The Labute approximate surface area is 89.9 Å². The van der Waals surface area contributed by atoms with E-state index < -0.39 is 5.54 Å². The second kappa shape index (κ2) is 4.40. The largest absolute Gasteiger partial charge is 0.318 e. The van der Waals surface area contributed by atoms with Gasteiger partial charge in [0.1, 0.15) is 5.82 Å². The van der Waals surface area contributed by atoms with E-state index in [0.29, 0.717) is 12.2 Å². The number of pyridine rings is 1. The van der Waals surface area contributed by atoms with Crippen LogP contribution in [0, 0.1) is 6.92 Å².